The van der Waals surface area contributed by atoms with E-state index in [1.807, 2.05) is 48.5 Å². The van der Waals surface area contributed by atoms with Crippen LogP contribution in [0.2, 0.25) is 0 Å². The Kier molecular flexibility index (Phi) is 5.23. The maximum Gasteiger partial charge on any atom is 0.262 e. The van der Waals surface area contributed by atoms with Crippen LogP contribution in [0.1, 0.15) is 11.8 Å². The van der Waals surface area contributed by atoms with Gasteiger partial charge in [-0.25, -0.2) is 4.98 Å². The van der Waals surface area contributed by atoms with Crippen molar-refractivity contribution in [2.75, 3.05) is 11.5 Å². The van der Waals surface area contributed by atoms with E-state index < -0.39 is 0 Å². The monoisotopic (exact) mass is 474 g/mol. The first-order valence-electron chi connectivity index (χ1n) is 10.4. The second-order valence-electron chi connectivity index (χ2n) is 7.58. The highest BCUT2D eigenvalue weighted by atomic mass is 32.2. The number of thioether (sulfide) groups is 2. The first kappa shape index (κ1) is 20.3. The van der Waals surface area contributed by atoms with E-state index in [4.69, 9.17) is 9.40 Å². The van der Waals surface area contributed by atoms with E-state index in [1.165, 1.54) is 0 Å². The Morgan fingerprint density at radius 1 is 1.12 bits per heavy atom. The van der Waals surface area contributed by atoms with Crippen LogP contribution in [0.5, 0.6) is 0 Å². The van der Waals surface area contributed by atoms with Crippen LogP contribution in [0.25, 0.3) is 22.3 Å². The van der Waals surface area contributed by atoms with Crippen LogP contribution in [0.4, 0.5) is 0 Å². The summed E-state index contributed by atoms with van der Waals surface area (Å²) in [6.45, 7) is 0.338. The molecule has 1 unspecified atom stereocenters. The molecule has 8 nitrogen and oxygen atoms in total. The van der Waals surface area contributed by atoms with Crippen molar-refractivity contribution in [1.82, 2.24) is 29.3 Å². The molecule has 0 N–H and O–H groups in total. The van der Waals surface area contributed by atoms with Crippen LogP contribution in [-0.2, 0) is 6.54 Å². The molecule has 0 spiro atoms. The molecular formula is C23H18N6O2S2. The second-order valence-corrected chi connectivity index (χ2v) is 9.55. The number of para-hydroxylation sites is 1. The first-order valence-corrected chi connectivity index (χ1v) is 12.4. The number of pyridine rings is 1. The van der Waals surface area contributed by atoms with Crippen molar-refractivity contribution in [3.05, 3.63) is 83.3 Å². The molecule has 0 fully saturated rings. The average molecular weight is 475 g/mol. The molecule has 1 aliphatic heterocycles. The fourth-order valence-electron chi connectivity index (χ4n) is 3.89. The van der Waals surface area contributed by atoms with Gasteiger partial charge in [-0.3, -0.25) is 18.9 Å². The molecule has 33 heavy (non-hydrogen) atoms. The van der Waals surface area contributed by atoms with Gasteiger partial charge in [-0.15, -0.1) is 10.2 Å². The Morgan fingerprint density at radius 2 is 2.06 bits per heavy atom. The summed E-state index contributed by atoms with van der Waals surface area (Å²) in [5, 5.41) is 10.9. The minimum Gasteiger partial charge on any atom is -0.467 e. The highest BCUT2D eigenvalue weighted by molar-refractivity contribution is 8.00. The summed E-state index contributed by atoms with van der Waals surface area (Å²) in [5.41, 5.74) is 1.57. The highest BCUT2D eigenvalue weighted by Gasteiger charge is 2.29. The Balaban J connectivity index is 1.34. The number of rotatable bonds is 6. The van der Waals surface area contributed by atoms with Crippen LogP contribution >= 0.6 is 23.5 Å². The van der Waals surface area contributed by atoms with Crippen molar-refractivity contribution in [3.63, 3.8) is 0 Å². The molecule has 1 atom stereocenters. The summed E-state index contributed by atoms with van der Waals surface area (Å²) < 4.78 is 9.38. The lowest BCUT2D eigenvalue weighted by atomic mass is 10.2. The van der Waals surface area contributed by atoms with Gasteiger partial charge in [-0.1, -0.05) is 35.7 Å². The van der Waals surface area contributed by atoms with Crippen molar-refractivity contribution < 1.29 is 4.42 Å². The maximum atomic E-state index is 13.3. The van der Waals surface area contributed by atoms with Crippen LogP contribution in [0.3, 0.4) is 0 Å². The number of hydrogen-bond donors (Lipinski definition) is 0. The third kappa shape index (κ3) is 3.75. The number of fused-ring (bicyclic) bond motifs is 2. The molecule has 0 saturated carbocycles. The van der Waals surface area contributed by atoms with Crippen LogP contribution in [-0.4, -0.2) is 40.8 Å². The van der Waals surface area contributed by atoms with Gasteiger partial charge in [0, 0.05) is 29.5 Å². The smallest absolute Gasteiger partial charge is 0.262 e. The molecule has 5 heterocycles. The summed E-state index contributed by atoms with van der Waals surface area (Å²) >= 11 is 3.26. The van der Waals surface area contributed by atoms with Crippen molar-refractivity contribution >= 4 is 34.4 Å². The quantitative estimate of drug-likeness (QED) is 0.268. The molecule has 4 aromatic heterocycles. The fraction of sp³-hybridized carbons (Fsp3) is 0.174. The van der Waals surface area contributed by atoms with Gasteiger partial charge >= 0.3 is 0 Å². The summed E-state index contributed by atoms with van der Waals surface area (Å²) in [7, 11) is 0. The van der Waals surface area contributed by atoms with E-state index in [0.717, 1.165) is 28.0 Å². The molecule has 0 radical (unpaired) electrons. The van der Waals surface area contributed by atoms with Gasteiger partial charge in [0.1, 0.15) is 5.76 Å². The summed E-state index contributed by atoms with van der Waals surface area (Å²) in [4.78, 5) is 22.3. The molecule has 6 rings (SSSR count). The maximum absolute atomic E-state index is 13.3. The van der Waals surface area contributed by atoms with E-state index in [0.29, 0.717) is 28.4 Å². The Morgan fingerprint density at radius 3 is 2.91 bits per heavy atom. The number of furan rings is 1. The van der Waals surface area contributed by atoms with Gasteiger partial charge in [-0.2, -0.15) is 0 Å². The zero-order valence-electron chi connectivity index (χ0n) is 17.4. The van der Waals surface area contributed by atoms with Gasteiger partial charge in [-0.05, 0) is 36.4 Å². The molecule has 0 aliphatic carbocycles. The molecular weight excluding hydrogens is 456 g/mol. The van der Waals surface area contributed by atoms with E-state index in [9.17, 15) is 4.79 Å². The van der Waals surface area contributed by atoms with Gasteiger partial charge < -0.3 is 4.42 Å². The van der Waals surface area contributed by atoms with Crippen molar-refractivity contribution in [2.24, 2.45) is 0 Å². The van der Waals surface area contributed by atoms with Gasteiger partial charge in [0.2, 0.25) is 0 Å². The third-order valence-corrected chi connectivity index (χ3v) is 7.69. The Labute approximate surface area is 197 Å². The number of hydrogen-bond acceptors (Lipinski definition) is 8. The summed E-state index contributed by atoms with van der Waals surface area (Å²) in [6, 6.07) is 15.2. The Bertz CT molecular complexity index is 1480. The normalized spacial score (nSPS) is 15.2. The topological polar surface area (TPSA) is 91.6 Å². The second kappa shape index (κ2) is 8.53. The number of benzene rings is 1. The van der Waals surface area contributed by atoms with E-state index in [1.54, 1.807) is 46.7 Å². The lowest BCUT2D eigenvalue weighted by Crippen LogP contribution is -2.24. The van der Waals surface area contributed by atoms with Crippen LogP contribution in [0.15, 0.2) is 86.7 Å². The molecule has 1 aliphatic rings. The molecule has 0 saturated heterocycles. The number of nitrogens with zero attached hydrogens (tertiary/aromatic N) is 6. The zero-order chi connectivity index (χ0) is 22.2. The molecule has 0 amide bonds. The molecule has 5 aromatic rings. The summed E-state index contributed by atoms with van der Waals surface area (Å²) in [6.07, 6.45) is 5.16. The lowest BCUT2D eigenvalue weighted by molar-refractivity contribution is 0.476. The SMILES string of the molecule is O=c1c2ccccc2nc(SCC2CSc3nnc(-c4cccnc4)n32)n1Cc1ccco1. The van der Waals surface area contributed by atoms with Gasteiger partial charge in [0.15, 0.2) is 16.1 Å². The predicted octanol–water partition coefficient (Wildman–Crippen LogP) is 4.13. The van der Waals surface area contributed by atoms with Gasteiger partial charge in [0.25, 0.3) is 5.56 Å². The lowest BCUT2D eigenvalue weighted by Gasteiger charge is -2.16. The zero-order valence-corrected chi connectivity index (χ0v) is 19.0. The van der Waals surface area contributed by atoms with Gasteiger partial charge in [0.05, 0.1) is 29.8 Å². The van der Waals surface area contributed by atoms with Crippen LogP contribution in [0, 0.1) is 0 Å². The average Bonchev–Trinajstić information content (AvgIpc) is 3.59. The standard InChI is InChI=1S/C23H18N6O2S2/c30-21-18-7-1-2-8-19(18)25-22(28(21)12-17-6-4-10-31-17)32-13-16-14-33-23-27-26-20(29(16)23)15-5-3-9-24-11-15/h1-11,16H,12-14H2. The van der Waals surface area contributed by atoms with Crippen molar-refractivity contribution in [1.29, 1.82) is 0 Å². The van der Waals surface area contributed by atoms with E-state index in [2.05, 4.69) is 19.7 Å². The Hall–Kier alpha value is -3.37. The largest absolute Gasteiger partial charge is 0.467 e. The summed E-state index contributed by atoms with van der Waals surface area (Å²) in [5.74, 6) is 3.15. The molecule has 1 aromatic carbocycles. The minimum absolute atomic E-state index is 0.0682. The predicted molar refractivity (Wildman–Crippen MR) is 128 cm³/mol. The fourth-order valence-corrected chi connectivity index (χ4v) is 6.20. The number of aromatic nitrogens is 6. The minimum atomic E-state index is -0.0682. The first-order chi connectivity index (χ1) is 16.3. The highest BCUT2D eigenvalue weighted by Crippen LogP contribution is 2.38. The van der Waals surface area contributed by atoms with E-state index in [-0.39, 0.29) is 11.6 Å². The van der Waals surface area contributed by atoms with Crippen molar-refractivity contribution in [3.8, 4) is 11.4 Å². The molecule has 0 bridgehead atoms. The molecule has 10 heteroatoms. The van der Waals surface area contributed by atoms with E-state index >= 15 is 0 Å². The molecule has 164 valence electrons. The third-order valence-electron chi connectivity index (χ3n) is 5.48. The van der Waals surface area contributed by atoms with Crippen molar-refractivity contribution in [2.45, 2.75) is 22.9 Å². The van der Waals surface area contributed by atoms with Crippen LogP contribution < -0.4 is 5.56 Å².